The van der Waals surface area contributed by atoms with Crippen LogP contribution in [-0.2, 0) is 6.42 Å². The summed E-state index contributed by atoms with van der Waals surface area (Å²) in [5.41, 5.74) is 2.54. The van der Waals surface area contributed by atoms with Gasteiger partial charge < -0.3 is 5.32 Å². The molecule has 0 unspecified atom stereocenters. The minimum atomic E-state index is 0.859. The molecule has 0 spiro atoms. The van der Waals surface area contributed by atoms with E-state index in [1.54, 1.807) is 0 Å². The van der Waals surface area contributed by atoms with Crippen molar-refractivity contribution in [1.82, 2.24) is 5.32 Å². The van der Waals surface area contributed by atoms with Gasteiger partial charge in [-0.2, -0.15) is 0 Å². The van der Waals surface area contributed by atoms with Gasteiger partial charge in [0, 0.05) is 5.02 Å². The molecule has 1 aromatic rings. The Morgan fingerprint density at radius 2 is 2.15 bits per heavy atom. The van der Waals surface area contributed by atoms with E-state index in [2.05, 4.69) is 17.4 Å². The molecule has 0 bridgehead atoms. The molecule has 2 heteroatoms. The van der Waals surface area contributed by atoms with E-state index >= 15 is 0 Å². The van der Waals surface area contributed by atoms with Crippen LogP contribution in [-0.4, -0.2) is 13.6 Å². The van der Waals surface area contributed by atoms with E-state index in [-0.39, 0.29) is 0 Å². The van der Waals surface area contributed by atoms with Gasteiger partial charge in [-0.25, -0.2) is 0 Å². The van der Waals surface area contributed by atoms with Crippen molar-refractivity contribution in [2.45, 2.75) is 19.8 Å². The number of hydrogen-bond donors (Lipinski definition) is 1. The first-order chi connectivity index (χ1) is 6.24. The van der Waals surface area contributed by atoms with Gasteiger partial charge in [-0.1, -0.05) is 23.7 Å². The smallest absolute Gasteiger partial charge is 0.0435 e. The van der Waals surface area contributed by atoms with E-state index in [4.69, 9.17) is 11.6 Å². The van der Waals surface area contributed by atoms with Gasteiger partial charge in [0.1, 0.15) is 0 Å². The number of hydrogen-bond acceptors (Lipinski definition) is 1. The van der Waals surface area contributed by atoms with Crippen molar-refractivity contribution in [2.24, 2.45) is 0 Å². The Labute approximate surface area is 85.1 Å². The summed E-state index contributed by atoms with van der Waals surface area (Å²) in [5.74, 6) is 0. The lowest BCUT2D eigenvalue weighted by atomic mass is 10.1. The Kier molecular flexibility index (Phi) is 4.26. The lowest BCUT2D eigenvalue weighted by Crippen LogP contribution is -2.08. The summed E-state index contributed by atoms with van der Waals surface area (Å²) >= 11 is 5.93. The summed E-state index contributed by atoms with van der Waals surface area (Å²) in [6.07, 6.45) is 2.30. The molecular formula is C11H16ClN. The van der Waals surface area contributed by atoms with Crippen molar-refractivity contribution in [1.29, 1.82) is 0 Å². The fourth-order valence-electron chi connectivity index (χ4n) is 1.33. The van der Waals surface area contributed by atoms with Crippen LogP contribution in [0, 0.1) is 6.92 Å². The highest BCUT2D eigenvalue weighted by atomic mass is 35.5. The molecule has 0 atom stereocenters. The van der Waals surface area contributed by atoms with Gasteiger partial charge in [-0.3, -0.25) is 0 Å². The van der Waals surface area contributed by atoms with Crippen molar-refractivity contribution in [2.75, 3.05) is 13.6 Å². The topological polar surface area (TPSA) is 12.0 Å². The Hall–Kier alpha value is -0.530. The highest BCUT2D eigenvalue weighted by Crippen LogP contribution is 2.16. The Bertz CT molecular complexity index is 271. The molecule has 0 saturated carbocycles. The van der Waals surface area contributed by atoms with Gasteiger partial charge in [-0.05, 0) is 50.6 Å². The predicted molar refractivity (Wildman–Crippen MR) is 58.4 cm³/mol. The third kappa shape index (κ3) is 3.37. The summed E-state index contributed by atoms with van der Waals surface area (Å²) in [5, 5.41) is 4.00. The van der Waals surface area contributed by atoms with Crippen molar-refractivity contribution < 1.29 is 0 Å². The van der Waals surface area contributed by atoms with Crippen molar-refractivity contribution >= 4 is 11.6 Å². The molecule has 0 heterocycles. The fourth-order valence-corrected chi connectivity index (χ4v) is 1.45. The largest absolute Gasteiger partial charge is 0.320 e. The number of nitrogens with one attached hydrogen (secondary N) is 1. The zero-order chi connectivity index (χ0) is 9.68. The summed E-state index contributed by atoms with van der Waals surface area (Å²) in [6, 6.07) is 6.24. The Morgan fingerprint density at radius 1 is 1.38 bits per heavy atom. The van der Waals surface area contributed by atoms with Crippen LogP contribution in [0.5, 0.6) is 0 Å². The van der Waals surface area contributed by atoms with E-state index in [9.17, 15) is 0 Å². The molecule has 1 N–H and O–H groups in total. The molecule has 13 heavy (non-hydrogen) atoms. The third-order valence-electron chi connectivity index (χ3n) is 2.11. The van der Waals surface area contributed by atoms with Gasteiger partial charge >= 0.3 is 0 Å². The first-order valence-electron chi connectivity index (χ1n) is 4.63. The monoisotopic (exact) mass is 197 g/mol. The molecule has 0 saturated heterocycles. The second-order valence-electron chi connectivity index (χ2n) is 3.29. The van der Waals surface area contributed by atoms with Crippen LogP contribution in [0.25, 0.3) is 0 Å². The van der Waals surface area contributed by atoms with Crippen LogP contribution in [0.2, 0.25) is 5.02 Å². The lowest BCUT2D eigenvalue weighted by molar-refractivity contribution is 0.724. The molecule has 0 aromatic heterocycles. The molecule has 1 rings (SSSR count). The van der Waals surface area contributed by atoms with Crippen molar-refractivity contribution in [3.05, 3.63) is 34.3 Å². The van der Waals surface area contributed by atoms with Crippen LogP contribution in [0.3, 0.4) is 0 Å². The average Bonchev–Trinajstić information content (AvgIpc) is 2.12. The minimum absolute atomic E-state index is 0.859. The maximum atomic E-state index is 5.93. The van der Waals surface area contributed by atoms with Crippen LogP contribution in [0.4, 0.5) is 0 Å². The third-order valence-corrected chi connectivity index (χ3v) is 2.54. The molecule has 1 aromatic carbocycles. The molecule has 72 valence electrons. The molecule has 0 amide bonds. The summed E-state index contributed by atoms with van der Waals surface area (Å²) in [4.78, 5) is 0. The van der Waals surface area contributed by atoms with Crippen LogP contribution in [0.15, 0.2) is 18.2 Å². The summed E-state index contributed by atoms with van der Waals surface area (Å²) < 4.78 is 0. The Morgan fingerprint density at radius 3 is 2.77 bits per heavy atom. The number of rotatable bonds is 4. The van der Waals surface area contributed by atoms with E-state index in [0.29, 0.717) is 0 Å². The Balaban J connectivity index is 2.53. The average molecular weight is 198 g/mol. The zero-order valence-electron chi connectivity index (χ0n) is 8.23. The van der Waals surface area contributed by atoms with Gasteiger partial charge in [-0.15, -0.1) is 0 Å². The highest BCUT2D eigenvalue weighted by Gasteiger charge is 1.97. The molecule has 1 nitrogen and oxygen atoms in total. The number of aryl methyl sites for hydroxylation is 2. The minimum Gasteiger partial charge on any atom is -0.320 e. The predicted octanol–water partition coefficient (Wildman–Crippen LogP) is 2.80. The molecule has 0 fully saturated rings. The normalized spacial score (nSPS) is 10.4. The second kappa shape index (κ2) is 5.25. The second-order valence-corrected chi connectivity index (χ2v) is 3.70. The van der Waals surface area contributed by atoms with E-state index in [1.807, 2.05) is 20.0 Å². The van der Waals surface area contributed by atoms with E-state index in [0.717, 1.165) is 18.0 Å². The van der Waals surface area contributed by atoms with Crippen molar-refractivity contribution in [3.63, 3.8) is 0 Å². The zero-order valence-corrected chi connectivity index (χ0v) is 8.99. The highest BCUT2D eigenvalue weighted by molar-refractivity contribution is 6.31. The first-order valence-corrected chi connectivity index (χ1v) is 5.01. The van der Waals surface area contributed by atoms with E-state index < -0.39 is 0 Å². The van der Waals surface area contributed by atoms with Crippen LogP contribution >= 0.6 is 11.6 Å². The van der Waals surface area contributed by atoms with Gasteiger partial charge in [0.2, 0.25) is 0 Å². The quantitative estimate of drug-likeness (QED) is 0.733. The molecular weight excluding hydrogens is 182 g/mol. The SMILES string of the molecule is CNCCCc1ccc(Cl)c(C)c1. The maximum Gasteiger partial charge on any atom is 0.0435 e. The molecule has 0 radical (unpaired) electrons. The molecule has 0 aliphatic carbocycles. The van der Waals surface area contributed by atoms with Gasteiger partial charge in [0.15, 0.2) is 0 Å². The first kappa shape index (κ1) is 10.6. The lowest BCUT2D eigenvalue weighted by Gasteiger charge is -2.03. The maximum absolute atomic E-state index is 5.93. The number of halogens is 1. The van der Waals surface area contributed by atoms with Crippen molar-refractivity contribution in [3.8, 4) is 0 Å². The van der Waals surface area contributed by atoms with Gasteiger partial charge in [0.25, 0.3) is 0 Å². The standard InChI is InChI=1S/C11H16ClN/c1-9-8-10(4-3-7-13-2)5-6-11(9)12/h5-6,8,13H,3-4,7H2,1-2H3. The van der Waals surface area contributed by atoms with Gasteiger partial charge in [0.05, 0.1) is 0 Å². The summed E-state index contributed by atoms with van der Waals surface area (Å²) in [6.45, 7) is 3.12. The molecule has 0 aliphatic rings. The van der Waals surface area contributed by atoms with Crippen LogP contribution < -0.4 is 5.32 Å². The summed E-state index contributed by atoms with van der Waals surface area (Å²) in [7, 11) is 1.98. The fraction of sp³-hybridized carbons (Fsp3) is 0.455. The van der Waals surface area contributed by atoms with E-state index in [1.165, 1.54) is 17.5 Å². The molecule has 0 aliphatic heterocycles. The number of benzene rings is 1. The van der Waals surface area contributed by atoms with Crippen LogP contribution in [0.1, 0.15) is 17.5 Å².